The van der Waals surface area contributed by atoms with E-state index in [2.05, 4.69) is 9.05 Å². The minimum absolute atomic E-state index is 3.04. The van der Waals surface area contributed by atoms with Gasteiger partial charge in [-0.05, 0) is 0 Å². The number of phosphoric acid groups is 2. The minimum Gasteiger partial charge on any atom is -0.321 e. The molecule has 0 aromatic rings. The summed E-state index contributed by atoms with van der Waals surface area (Å²) in [7, 11) is -16.1. The summed E-state index contributed by atoms with van der Waals surface area (Å²) >= 11 is 0. The lowest BCUT2D eigenvalue weighted by Gasteiger charge is -2.19. The lowest BCUT2D eigenvalue weighted by molar-refractivity contribution is 0.00618. The maximum atomic E-state index is 10.4. The summed E-state index contributed by atoms with van der Waals surface area (Å²) in [5.74, 6) is 0. The SMILES string of the molecule is O=P(O)(O)OC(OP(=O)(O)O)P(=O)(O)O. The number of phosphoric ester groups is 2. The topological polar surface area (TPSA) is 191 Å². The van der Waals surface area contributed by atoms with Crippen molar-refractivity contribution in [1.29, 1.82) is 0 Å². The molecule has 0 radical (unpaired) electrons. The minimum atomic E-state index is -5.40. The third-order valence-electron chi connectivity index (χ3n) is 0.730. The molecule has 0 unspecified atom stereocenters. The zero-order valence-corrected chi connectivity index (χ0v) is 9.33. The number of hydrogen-bond donors (Lipinski definition) is 6. The van der Waals surface area contributed by atoms with Gasteiger partial charge in [-0.2, -0.15) is 0 Å². The summed E-state index contributed by atoms with van der Waals surface area (Å²) in [6.45, 7) is 0. The molecule has 0 atom stereocenters. The second kappa shape index (κ2) is 4.70. The van der Waals surface area contributed by atoms with Gasteiger partial charge in [0.2, 0.25) is 0 Å². The zero-order valence-electron chi connectivity index (χ0n) is 6.64. The highest BCUT2D eigenvalue weighted by molar-refractivity contribution is 7.54. The molecular weight excluding hydrogens is 281 g/mol. The van der Waals surface area contributed by atoms with Gasteiger partial charge in [0.1, 0.15) is 0 Å². The Hall–Kier alpha value is 0.370. The van der Waals surface area contributed by atoms with Crippen LogP contribution in [0.4, 0.5) is 0 Å². The first-order chi connectivity index (χ1) is 6.31. The summed E-state index contributed by atoms with van der Waals surface area (Å²) in [5.41, 5.74) is 0. The number of hydrogen-bond acceptors (Lipinski definition) is 5. The molecule has 0 aliphatic carbocycles. The van der Waals surface area contributed by atoms with Gasteiger partial charge in [0, 0.05) is 0 Å². The van der Waals surface area contributed by atoms with Crippen molar-refractivity contribution < 1.29 is 52.1 Å². The maximum absolute atomic E-state index is 10.4. The Labute approximate surface area is 82.3 Å². The van der Waals surface area contributed by atoms with Crippen LogP contribution in [-0.2, 0) is 22.7 Å². The van der Waals surface area contributed by atoms with Gasteiger partial charge in [-0.3, -0.25) is 4.57 Å². The molecule has 0 aliphatic rings. The normalized spacial score (nSPS) is 14.6. The second-order valence-electron chi connectivity index (χ2n) is 2.09. The molecule has 92 valence electrons. The van der Waals surface area contributed by atoms with Gasteiger partial charge in [0.15, 0.2) is 0 Å². The summed E-state index contributed by atoms with van der Waals surface area (Å²) in [5, 5.41) is 0. The molecule has 0 fully saturated rings. The molecule has 0 aromatic heterocycles. The van der Waals surface area contributed by atoms with Crippen molar-refractivity contribution in [2.45, 2.75) is 6.03 Å². The van der Waals surface area contributed by atoms with Gasteiger partial charge in [0.05, 0.1) is 0 Å². The molecule has 0 saturated heterocycles. The van der Waals surface area contributed by atoms with E-state index >= 15 is 0 Å². The Bertz CT molecular complexity index is 315. The highest BCUT2D eigenvalue weighted by Crippen LogP contribution is 2.55. The van der Waals surface area contributed by atoms with Crippen LogP contribution < -0.4 is 0 Å². The van der Waals surface area contributed by atoms with Crippen LogP contribution in [0.25, 0.3) is 0 Å². The van der Waals surface area contributed by atoms with Crippen molar-refractivity contribution in [3.05, 3.63) is 0 Å². The van der Waals surface area contributed by atoms with Gasteiger partial charge in [-0.1, -0.05) is 0 Å². The van der Waals surface area contributed by atoms with Crippen molar-refractivity contribution in [2.75, 3.05) is 0 Å². The Morgan fingerprint density at radius 3 is 1.13 bits per heavy atom. The van der Waals surface area contributed by atoms with Crippen molar-refractivity contribution in [3.8, 4) is 0 Å². The first-order valence-electron chi connectivity index (χ1n) is 2.84. The van der Waals surface area contributed by atoms with Crippen LogP contribution in [0.5, 0.6) is 0 Å². The standard InChI is InChI=1S/CH7O11P3/c2-13(3,4)1(11-14(5,6)7)12-15(8,9)10/h1H,(H2,2,3,4)(H2,5,6,7)(H2,8,9,10). The van der Waals surface area contributed by atoms with Crippen LogP contribution in [0.3, 0.4) is 0 Å². The summed E-state index contributed by atoms with van der Waals surface area (Å²) < 4.78 is 37.5. The Kier molecular flexibility index (Phi) is 4.82. The van der Waals surface area contributed by atoms with Crippen LogP contribution in [-0.4, -0.2) is 35.4 Å². The van der Waals surface area contributed by atoms with E-state index in [9.17, 15) is 13.7 Å². The van der Waals surface area contributed by atoms with Crippen molar-refractivity contribution >= 4 is 23.2 Å². The largest absolute Gasteiger partial charge is 0.472 e. The van der Waals surface area contributed by atoms with Crippen molar-refractivity contribution in [1.82, 2.24) is 0 Å². The molecule has 0 bridgehead atoms. The summed E-state index contributed by atoms with van der Waals surface area (Å²) in [6.07, 6.45) is 0. The third kappa shape index (κ3) is 8.21. The maximum Gasteiger partial charge on any atom is 0.472 e. The monoisotopic (exact) mass is 288 g/mol. The zero-order chi connectivity index (χ0) is 12.5. The molecule has 0 saturated carbocycles. The van der Waals surface area contributed by atoms with Gasteiger partial charge in [-0.25, -0.2) is 18.2 Å². The van der Waals surface area contributed by atoms with E-state index in [0.717, 1.165) is 0 Å². The van der Waals surface area contributed by atoms with Crippen LogP contribution >= 0.6 is 23.2 Å². The molecule has 0 rings (SSSR count). The number of rotatable bonds is 5. The predicted molar refractivity (Wildman–Crippen MR) is 42.1 cm³/mol. The van der Waals surface area contributed by atoms with Crippen LogP contribution in [0.1, 0.15) is 0 Å². The first-order valence-corrected chi connectivity index (χ1v) is 7.58. The molecule has 15 heavy (non-hydrogen) atoms. The average molecular weight is 288 g/mol. The predicted octanol–water partition coefficient (Wildman–Crippen LogP) is -1.33. The fourth-order valence-electron chi connectivity index (χ4n) is 0.377. The van der Waals surface area contributed by atoms with Gasteiger partial charge < -0.3 is 29.4 Å². The van der Waals surface area contributed by atoms with Gasteiger partial charge in [0.25, 0.3) is 6.03 Å². The van der Waals surface area contributed by atoms with E-state index in [1.165, 1.54) is 0 Å². The van der Waals surface area contributed by atoms with Gasteiger partial charge >= 0.3 is 23.2 Å². The molecule has 11 nitrogen and oxygen atoms in total. The van der Waals surface area contributed by atoms with E-state index in [1.54, 1.807) is 0 Å². The molecular formula is CH7O11P3. The first kappa shape index (κ1) is 15.4. The molecule has 0 heterocycles. The molecule has 0 aromatic carbocycles. The van der Waals surface area contributed by atoms with Crippen LogP contribution in [0.2, 0.25) is 0 Å². The molecule has 0 spiro atoms. The Morgan fingerprint density at radius 1 is 0.733 bits per heavy atom. The molecule has 0 aliphatic heterocycles. The average Bonchev–Trinajstić information content (AvgIpc) is 1.75. The molecule has 14 heteroatoms. The van der Waals surface area contributed by atoms with E-state index in [1.807, 2.05) is 0 Å². The smallest absolute Gasteiger partial charge is 0.321 e. The fraction of sp³-hybridized carbons (Fsp3) is 1.00. The van der Waals surface area contributed by atoms with E-state index in [4.69, 9.17) is 29.4 Å². The summed E-state index contributed by atoms with van der Waals surface area (Å²) in [6, 6.07) is -3.04. The van der Waals surface area contributed by atoms with Crippen molar-refractivity contribution in [3.63, 3.8) is 0 Å². The highest BCUT2D eigenvalue weighted by Gasteiger charge is 2.41. The second-order valence-corrected chi connectivity index (χ2v) is 6.07. The summed E-state index contributed by atoms with van der Waals surface area (Å²) in [4.78, 5) is 49.4. The molecule has 6 N–H and O–H groups in total. The highest BCUT2D eigenvalue weighted by atomic mass is 31.2. The Balaban J connectivity index is 4.86. The lowest BCUT2D eigenvalue weighted by atomic mass is 11.5. The van der Waals surface area contributed by atoms with Gasteiger partial charge in [-0.15, -0.1) is 0 Å². The van der Waals surface area contributed by atoms with Crippen molar-refractivity contribution in [2.24, 2.45) is 0 Å². The lowest BCUT2D eigenvalue weighted by Crippen LogP contribution is -2.15. The van der Waals surface area contributed by atoms with E-state index in [0.29, 0.717) is 0 Å². The van der Waals surface area contributed by atoms with Crippen LogP contribution in [0.15, 0.2) is 0 Å². The quantitative estimate of drug-likeness (QED) is 0.259. The fourth-order valence-corrected chi connectivity index (χ4v) is 2.72. The molecule has 0 amide bonds. The third-order valence-corrected chi connectivity index (χ3v) is 2.75. The van der Waals surface area contributed by atoms with E-state index in [-0.39, 0.29) is 0 Å². The van der Waals surface area contributed by atoms with E-state index < -0.39 is 29.3 Å². The van der Waals surface area contributed by atoms with Crippen LogP contribution in [0, 0.1) is 0 Å². The Morgan fingerprint density at radius 2 is 1.00 bits per heavy atom.